The molecule has 0 atom stereocenters. The summed E-state index contributed by atoms with van der Waals surface area (Å²) in [7, 11) is 0. The lowest BCUT2D eigenvalue weighted by Gasteiger charge is -2.01. The maximum Gasteiger partial charge on any atom is 0.177 e. The van der Waals surface area contributed by atoms with Gasteiger partial charge in [0, 0.05) is 10.9 Å². The molecule has 2 nitrogen and oxygen atoms in total. The number of nitrogens with zero attached hydrogens (tertiary/aromatic N) is 1. The van der Waals surface area contributed by atoms with E-state index in [4.69, 9.17) is 5.26 Å². The van der Waals surface area contributed by atoms with Gasteiger partial charge < -0.3 is 0 Å². The number of ketones is 1. The first-order valence-corrected chi connectivity index (χ1v) is 6.13. The third-order valence-corrected chi connectivity index (χ3v) is 2.53. The average Bonchev–Trinajstić information content (AvgIpc) is 2.30. The lowest BCUT2D eigenvalue weighted by atomic mass is 10.0. The van der Waals surface area contributed by atoms with Crippen molar-refractivity contribution in [2.24, 2.45) is 0 Å². The van der Waals surface area contributed by atoms with Gasteiger partial charge in [0.25, 0.3) is 0 Å². The van der Waals surface area contributed by atoms with Crippen molar-refractivity contribution in [1.82, 2.24) is 0 Å². The van der Waals surface area contributed by atoms with Gasteiger partial charge in [-0.2, -0.15) is 5.26 Å². The Morgan fingerprint density at radius 2 is 2.19 bits per heavy atom. The molecule has 0 heterocycles. The lowest BCUT2D eigenvalue weighted by molar-refractivity contribution is 0.0997. The minimum atomic E-state index is -0.124. The van der Waals surface area contributed by atoms with Gasteiger partial charge in [-0.25, -0.2) is 0 Å². The largest absolute Gasteiger partial charge is 0.293 e. The van der Waals surface area contributed by atoms with Crippen LogP contribution in [0.3, 0.4) is 0 Å². The summed E-state index contributed by atoms with van der Waals surface area (Å²) < 4.78 is 0. The molecule has 0 bridgehead atoms. The van der Waals surface area contributed by atoms with E-state index < -0.39 is 0 Å². The number of carbonyl (C=O) groups excluding carboxylic acids is 1. The van der Waals surface area contributed by atoms with Gasteiger partial charge >= 0.3 is 0 Å². The van der Waals surface area contributed by atoms with Crippen LogP contribution in [0.4, 0.5) is 0 Å². The Balaban J connectivity index is 2.92. The predicted molar refractivity (Wildman–Crippen MR) is 68.4 cm³/mol. The van der Waals surface area contributed by atoms with Crippen molar-refractivity contribution >= 4 is 27.8 Å². The van der Waals surface area contributed by atoms with Crippen LogP contribution in [0, 0.1) is 11.3 Å². The van der Waals surface area contributed by atoms with Crippen LogP contribution in [0.5, 0.6) is 0 Å². The van der Waals surface area contributed by atoms with E-state index in [1.54, 1.807) is 6.07 Å². The molecule has 0 aliphatic heterocycles. The highest BCUT2D eigenvalue weighted by molar-refractivity contribution is 9.09. The first kappa shape index (κ1) is 12.7. The van der Waals surface area contributed by atoms with Crippen molar-refractivity contribution in [2.45, 2.75) is 12.8 Å². The molecule has 1 rings (SSSR count). The average molecular weight is 278 g/mol. The number of nitriles is 1. The molecule has 3 heteroatoms. The van der Waals surface area contributed by atoms with E-state index in [1.807, 2.05) is 36.4 Å². The number of Topliss-reactive ketones (excluding diaryl/α,β-unsaturated/α-hetero) is 1. The molecule has 82 valence electrons. The first-order valence-electron chi connectivity index (χ1n) is 5.01. The van der Waals surface area contributed by atoms with Gasteiger partial charge in [0.1, 0.15) is 0 Å². The van der Waals surface area contributed by atoms with Crippen molar-refractivity contribution < 1.29 is 4.79 Å². The van der Waals surface area contributed by atoms with E-state index in [0.717, 1.165) is 17.3 Å². The summed E-state index contributed by atoms with van der Waals surface area (Å²) in [4.78, 5) is 11.6. The summed E-state index contributed by atoms with van der Waals surface area (Å²) in [5.74, 6) is -0.124. The van der Waals surface area contributed by atoms with Crippen molar-refractivity contribution in [3.63, 3.8) is 0 Å². The Bertz CT molecular complexity index is 432. The van der Waals surface area contributed by atoms with Gasteiger partial charge in [-0.15, -0.1) is 0 Å². The van der Waals surface area contributed by atoms with Crippen molar-refractivity contribution in [2.75, 3.05) is 5.33 Å². The van der Waals surface area contributed by atoms with Gasteiger partial charge in [-0.1, -0.05) is 52.3 Å². The second-order valence-electron chi connectivity index (χ2n) is 3.23. The number of hydrogen-bond donors (Lipinski definition) is 0. The molecule has 16 heavy (non-hydrogen) atoms. The number of benzene rings is 1. The zero-order valence-corrected chi connectivity index (χ0v) is 10.4. The van der Waals surface area contributed by atoms with Crippen molar-refractivity contribution in [3.05, 3.63) is 41.5 Å². The molecule has 0 unspecified atom stereocenters. The summed E-state index contributed by atoms with van der Waals surface area (Å²) in [6.07, 6.45) is 4.78. The molecular formula is C13H12BrNO. The molecular weight excluding hydrogens is 266 g/mol. The van der Waals surface area contributed by atoms with E-state index in [9.17, 15) is 4.79 Å². The smallest absolute Gasteiger partial charge is 0.177 e. The maximum atomic E-state index is 11.6. The topological polar surface area (TPSA) is 40.9 Å². The van der Waals surface area contributed by atoms with E-state index in [-0.39, 0.29) is 12.2 Å². The van der Waals surface area contributed by atoms with Crippen molar-refractivity contribution in [3.8, 4) is 6.07 Å². The van der Waals surface area contributed by atoms with E-state index >= 15 is 0 Å². The molecule has 1 aromatic rings. The van der Waals surface area contributed by atoms with Gasteiger partial charge in [-0.3, -0.25) is 4.79 Å². The van der Waals surface area contributed by atoms with E-state index in [2.05, 4.69) is 15.9 Å². The number of hydrogen-bond acceptors (Lipinski definition) is 2. The first-order chi connectivity index (χ1) is 7.79. The van der Waals surface area contributed by atoms with Crippen LogP contribution in [0.2, 0.25) is 0 Å². The Labute approximate surface area is 104 Å². The molecule has 0 amide bonds. The lowest BCUT2D eigenvalue weighted by Crippen LogP contribution is -1.99. The molecule has 0 spiro atoms. The van der Waals surface area contributed by atoms with Gasteiger partial charge in [0.2, 0.25) is 0 Å². The Hall–Kier alpha value is -1.40. The van der Waals surface area contributed by atoms with Crippen LogP contribution in [-0.2, 0) is 0 Å². The fourth-order valence-corrected chi connectivity index (χ4v) is 1.60. The quantitative estimate of drug-likeness (QED) is 0.610. The minimum absolute atomic E-state index is 0.0662. The molecule has 0 aromatic heterocycles. The Morgan fingerprint density at radius 3 is 2.88 bits per heavy atom. The van der Waals surface area contributed by atoms with Crippen LogP contribution in [-0.4, -0.2) is 11.1 Å². The third kappa shape index (κ3) is 3.63. The molecule has 0 aliphatic carbocycles. The monoisotopic (exact) mass is 277 g/mol. The normalized spacial score (nSPS) is 10.2. The number of alkyl halides is 1. The summed E-state index contributed by atoms with van der Waals surface area (Å²) in [5.41, 5.74) is 1.50. The van der Waals surface area contributed by atoms with E-state index in [0.29, 0.717) is 5.56 Å². The van der Waals surface area contributed by atoms with Crippen LogP contribution in [0.25, 0.3) is 6.08 Å². The highest BCUT2D eigenvalue weighted by Gasteiger charge is 2.07. The molecule has 0 N–H and O–H groups in total. The minimum Gasteiger partial charge on any atom is -0.293 e. The highest BCUT2D eigenvalue weighted by atomic mass is 79.9. The van der Waals surface area contributed by atoms with Crippen LogP contribution < -0.4 is 0 Å². The molecule has 0 saturated carbocycles. The maximum absolute atomic E-state index is 11.6. The standard InChI is InChI=1S/C13H12BrNO/c14-9-4-3-6-11-5-1-2-7-12(11)13(16)8-10-15/h1-3,5-7H,4,8-9H2. The summed E-state index contributed by atoms with van der Waals surface area (Å²) in [6.45, 7) is 0. The van der Waals surface area contributed by atoms with Gasteiger partial charge in [-0.05, 0) is 12.0 Å². The molecule has 1 aromatic carbocycles. The summed E-state index contributed by atoms with van der Waals surface area (Å²) in [5, 5.41) is 9.41. The van der Waals surface area contributed by atoms with Crippen LogP contribution in [0.1, 0.15) is 28.8 Å². The molecule has 0 fully saturated rings. The molecule has 0 aliphatic rings. The second-order valence-corrected chi connectivity index (χ2v) is 4.02. The molecule has 0 saturated heterocycles. The van der Waals surface area contributed by atoms with Gasteiger partial charge in [0.05, 0.1) is 12.5 Å². The Morgan fingerprint density at radius 1 is 1.44 bits per heavy atom. The molecule has 0 radical (unpaired) electrons. The zero-order chi connectivity index (χ0) is 11.8. The summed E-state index contributed by atoms with van der Waals surface area (Å²) in [6, 6.07) is 9.22. The van der Waals surface area contributed by atoms with E-state index in [1.165, 1.54) is 0 Å². The summed E-state index contributed by atoms with van der Waals surface area (Å²) >= 11 is 3.33. The second kappa shape index (κ2) is 6.97. The van der Waals surface area contributed by atoms with Crippen molar-refractivity contribution in [1.29, 1.82) is 5.26 Å². The SMILES string of the molecule is N#CCC(=O)c1ccccc1C=CCCBr. The van der Waals surface area contributed by atoms with Crippen LogP contribution in [0.15, 0.2) is 30.3 Å². The predicted octanol–water partition coefficient (Wildman–Crippen LogP) is 3.58. The number of halogens is 1. The third-order valence-electron chi connectivity index (χ3n) is 2.07. The number of rotatable bonds is 5. The number of allylic oxidation sites excluding steroid dienone is 1. The zero-order valence-electron chi connectivity index (χ0n) is 8.82. The van der Waals surface area contributed by atoms with Gasteiger partial charge in [0.15, 0.2) is 5.78 Å². The number of carbonyl (C=O) groups is 1. The van der Waals surface area contributed by atoms with Crippen LogP contribution >= 0.6 is 15.9 Å². The highest BCUT2D eigenvalue weighted by Crippen LogP contribution is 2.13. The Kier molecular flexibility index (Phi) is 5.52. The fourth-order valence-electron chi connectivity index (χ4n) is 1.34. The fraction of sp³-hybridized carbons (Fsp3) is 0.231.